The van der Waals surface area contributed by atoms with E-state index < -0.39 is 0 Å². The van der Waals surface area contributed by atoms with Crippen LogP contribution in [0, 0.1) is 0 Å². The second kappa shape index (κ2) is 7.78. The molecule has 0 bridgehead atoms. The SMILES string of the molecule is CCCCCCCCCC1C=CC=N1. The van der Waals surface area contributed by atoms with Gasteiger partial charge in [0, 0.05) is 6.21 Å². The summed E-state index contributed by atoms with van der Waals surface area (Å²) >= 11 is 0. The van der Waals surface area contributed by atoms with Gasteiger partial charge in [0.25, 0.3) is 0 Å². The molecule has 0 spiro atoms. The predicted molar refractivity (Wildman–Crippen MR) is 64.0 cm³/mol. The van der Waals surface area contributed by atoms with E-state index in [9.17, 15) is 0 Å². The van der Waals surface area contributed by atoms with Crippen molar-refractivity contribution >= 4 is 6.21 Å². The minimum absolute atomic E-state index is 0.505. The molecule has 1 rings (SSSR count). The molecule has 0 saturated carbocycles. The van der Waals surface area contributed by atoms with E-state index in [-0.39, 0.29) is 0 Å². The summed E-state index contributed by atoms with van der Waals surface area (Å²) in [5, 5.41) is 0. The zero-order valence-electron chi connectivity index (χ0n) is 9.41. The fourth-order valence-electron chi connectivity index (χ4n) is 1.87. The lowest BCUT2D eigenvalue weighted by atomic mass is 10.1. The monoisotopic (exact) mass is 193 g/mol. The molecule has 0 radical (unpaired) electrons. The van der Waals surface area contributed by atoms with Gasteiger partial charge in [0.15, 0.2) is 0 Å². The normalized spacial score (nSPS) is 19.4. The molecule has 0 aromatic heterocycles. The van der Waals surface area contributed by atoms with E-state index in [1.165, 1.54) is 51.4 Å². The van der Waals surface area contributed by atoms with Crippen molar-refractivity contribution in [2.24, 2.45) is 4.99 Å². The van der Waals surface area contributed by atoms with E-state index in [1.54, 1.807) is 0 Å². The molecule has 0 aliphatic carbocycles. The summed E-state index contributed by atoms with van der Waals surface area (Å²) in [7, 11) is 0. The first-order chi connectivity index (χ1) is 6.93. The van der Waals surface area contributed by atoms with Crippen LogP contribution < -0.4 is 0 Å². The Morgan fingerprint density at radius 1 is 1.00 bits per heavy atom. The number of hydrogen-bond donors (Lipinski definition) is 0. The molecule has 1 heteroatoms. The molecular weight excluding hydrogens is 170 g/mol. The van der Waals surface area contributed by atoms with Crippen molar-refractivity contribution in [3.05, 3.63) is 12.2 Å². The fraction of sp³-hybridized carbons (Fsp3) is 0.769. The van der Waals surface area contributed by atoms with Gasteiger partial charge in [-0.2, -0.15) is 0 Å². The molecule has 0 saturated heterocycles. The van der Waals surface area contributed by atoms with Crippen LogP contribution >= 0.6 is 0 Å². The highest BCUT2D eigenvalue weighted by Gasteiger charge is 2.03. The molecule has 0 N–H and O–H groups in total. The van der Waals surface area contributed by atoms with Crippen molar-refractivity contribution in [1.82, 2.24) is 0 Å². The minimum Gasteiger partial charge on any atom is -0.286 e. The molecule has 1 aliphatic rings. The molecule has 1 aliphatic heterocycles. The second-order valence-electron chi connectivity index (χ2n) is 4.16. The highest BCUT2D eigenvalue weighted by atomic mass is 14.8. The van der Waals surface area contributed by atoms with Gasteiger partial charge in [0.2, 0.25) is 0 Å². The van der Waals surface area contributed by atoms with Crippen LogP contribution in [0.25, 0.3) is 0 Å². The molecule has 0 aromatic carbocycles. The van der Waals surface area contributed by atoms with Crippen LogP contribution in [0.5, 0.6) is 0 Å². The van der Waals surface area contributed by atoms with Gasteiger partial charge in [-0.15, -0.1) is 0 Å². The lowest BCUT2D eigenvalue weighted by Gasteiger charge is -2.04. The van der Waals surface area contributed by atoms with Gasteiger partial charge in [0.05, 0.1) is 6.04 Å². The third-order valence-corrected chi connectivity index (χ3v) is 2.80. The van der Waals surface area contributed by atoms with E-state index in [4.69, 9.17) is 0 Å². The molecule has 1 atom stereocenters. The Morgan fingerprint density at radius 3 is 2.36 bits per heavy atom. The Kier molecular flexibility index (Phi) is 6.38. The van der Waals surface area contributed by atoms with E-state index in [0.717, 1.165) is 0 Å². The van der Waals surface area contributed by atoms with E-state index in [0.29, 0.717) is 6.04 Å². The van der Waals surface area contributed by atoms with Crippen molar-refractivity contribution in [3.8, 4) is 0 Å². The molecule has 80 valence electrons. The average molecular weight is 193 g/mol. The molecular formula is C13H23N. The van der Waals surface area contributed by atoms with Gasteiger partial charge in [0.1, 0.15) is 0 Å². The molecule has 0 amide bonds. The summed E-state index contributed by atoms with van der Waals surface area (Å²) in [6.07, 6.45) is 17.2. The first kappa shape index (κ1) is 11.5. The third-order valence-electron chi connectivity index (χ3n) is 2.80. The van der Waals surface area contributed by atoms with Crippen molar-refractivity contribution < 1.29 is 0 Å². The summed E-state index contributed by atoms with van der Waals surface area (Å²) in [6.45, 7) is 2.27. The Labute approximate surface area is 88.3 Å². The van der Waals surface area contributed by atoms with Crippen LogP contribution in [0.3, 0.4) is 0 Å². The zero-order chi connectivity index (χ0) is 10.1. The van der Waals surface area contributed by atoms with E-state index in [1.807, 2.05) is 6.21 Å². The molecule has 0 fully saturated rings. The van der Waals surface area contributed by atoms with Gasteiger partial charge in [-0.05, 0) is 12.5 Å². The maximum Gasteiger partial charge on any atom is 0.0683 e. The summed E-state index contributed by atoms with van der Waals surface area (Å²) < 4.78 is 0. The van der Waals surface area contributed by atoms with Crippen LogP contribution in [0.2, 0.25) is 0 Å². The zero-order valence-corrected chi connectivity index (χ0v) is 9.41. The highest BCUT2D eigenvalue weighted by Crippen LogP contribution is 2.13. The quantitative estimate of drug-likeness (QED) is 0.514. The summed E-state index contributed by atoms with van der Waals surface area (Å²) in [4.78, 5) is 4.35. The number of hydrogen-bond acceptors (Lipinski definition) is 1. The van der Waals surface area contributed by atoms with Crippen molar-refractivity contribution in [2.75, 3.05) is 0 Å². The Hall–Kier alpha value is -0.590. The largest absolute Gasteiger partial charge is 0.286 e. The van der Waals surface area contributed by atoms with E-state index in [2.05, 4.69) is 24.1 Å². The number of allylic oxidation sites excluding steroid dienone is 1. The van der Waals surface area contributed by atoms with Crippen LogP contribution in [0.15, 0.2) is 17.1 Å². The molecule has 1 unspecified atom stereocenters. The fourth-order valence-corrected chi connectivity index (χ4v) is 1.87. The second-order valence-corrected chi connectivity index (χ2v) is 4.16. The van der Waals surface area contributed by atoms with Crippen LogP contribution in [0.4, 0.5) is 0 Å². The van der Waals surface area contributed by atoms with Gasteiger partial charge in [-0.25, -0.2) is 0 Å². The molecule has 14 heavy (non-hydrogen) atoms. The van der Waals surface area contributed by atoms with Crippen LogP contribution in [-0.2, 0) is 0 Å². The van der Waals surface area contributed by atoms with E-state index >= 15 is 0 Å². The van der Waals surface area contributed by atoms with Crippen molar-refractivity contribution in [1.29, 1.82) is 0 Å². The number of unbranched alkanes of at least 4 members (excludes halogenated alkanes) is 6. The maximum atomic E-state index is 4.35. The minimum atomic E-state index is 0.505. The van der Waals surface area contributed by atoms with Gasteiger partial charge >= 0.3 is 0 Å². The first-order valence-corrected chi connectivity index (χ1v) is 6.13. The molecule has 0 aromatic rings. The first-order valence-electron chi connectivity index (χ1n) is 6.13. The van der Waals surface area contributed by atoms with Crippen LogP contribution in [0.1, 0.15) is 58.3 Å². The topological polar surface area (TPSA) is 12.4 Å². The smallest absolute Gasteiger partial charge is 0.0683 e. The van der Waals surface area contributed by atoms with Gasteiger partial charge in [-0.3, -0.25) is 4.99 Å². The molecule has 1 heterocycles. The maximum absolute atomic E-state index is 4.35. The van der Waals surface area contributed by atoms with Gasteiger partial charge < -0.3 is 0 Å². The van der Waals surface area contributed by atoms with Gasteiger partial charge in [-0.1, -0.05) is 57.9 Å². The average Bonchev–Trinajstić information content (AvgIpc) is 2.69. The summed E-state index contributed by atoms with van der Waals surface area (Å²) in [5.74, 6) is 0. The molecule has 1 nitrogen and oxygen atoms in total. The summed E-state index contributed by atoms with van der Waals surface area (Å²) in [5.41, 5.74) is 0. The Balaban J connectivity index is 1.80. The lowest BCUT2D eigenvalue weighted by molar-refractivity contribution is 0.563. The van der Waals surface area contributed by atoms with Crippen molar-refractivity contribution in [3.63, 3.8) is 0 Å². The predicted octanol–water partition coefficient (Wildman–Crippen LogP) is 4.14. The number of aliphatic imine (C=N–C) groups is 1. The standard InChI is InChI=1S/C13H23N/c1-2-3-4-5-6-7-8-10-13-11-9-12-14-13/h9,11-13H,2-8,10H2,1H3. The van der Waals surface area contributed by atoms with Crippen molar-refractivity contribution in [2.45, 2.75) is 64.3 Å². The number of rotatable bonds is 8. The summed E-state index contributed by atoms with van der Waals surface area (Å²) in [6, 6.07) is 0.505. The lowest BCUT2D eigenvalue weighted by Crippen LogP contribution is -1.96. The highest BCUT2D eigenvalue weighted by molar-refractivity contribution is 5.74. The Morgan fingerprint density at radius 2 is 1.71 bits per heavy atom. The Bertz CT molecular complexity index is 170. The van der Waals surface area contributed by atoms with Crippen LogP contribution in [-0.4, -0.2) is 12.3 Å². The third kappa shape index (κ3) is 5.21. The number of nitrogens with zero attached hydrogens (tertiary/aromatic N) is 1.